The first-order valence-electron chi connectivity index (χ1n) is 9.48. The first-order chi connectivity index (χ1) is 13.9. The lowest BCUT2D eigenvalue weighted by atomic mass is 10.1. The molecule has 0 saturated heterocycles. The lowest BCUT2D eigenvalue weighted by Gasteiger charge is -2.23. The maximum Gasteiger partial charge on any atom is 0.235 e. The second kappa shape index (κ2) is 9.22. The van der Waals surface area contributed by atoms with Crippen molar-refractivity contribution in [2.45, 2.75) is 30.8 Å². The van der Waals surface area contributed by atoms with E-state index in [1.165, 1.54) is 17.8 Å². The molecule has 3 aromatic rings. The molecule has 7 heteroatoms. The van der Waals surface area contributed by atoms with Crippen LogP contribution in [0.5, 0.6) is 0 Å². The average Bonchev–Trinajstić information content (AvgIpc) is 3.08. The van der Waals surface area contributed by atoms with Crippen molar-refractivity contribution in [3.63, 3.8) is 0 Å². The molecule has 1 amide bonds. The Balaban J connectivity index is 2.05. The van der Waals surface area contributed by atoms with Gasteiger partial charge in [-0.3, -0.25) is 9.36 Å². The second-order valence-electron chi connectivity index (χ2n) is 7.37. The predicted octanol–water partition coefficient (Wildman–Crippen LogP) is 4.34. The highest BCUT2D eigenvalue weighted by atomic mass is 32.2. The van der Waals surface area contributed by atoms with E-state index in [4.69, 9.17) is 0 Å². The molecule has 29 heavy (non-hydrogen) atoms. The summed E-state index contributed by atoms with van der Waals surface area (Å²) in [5.41, 5.74) is 1.44. The average molecular weight is 413 g/mol. The van der Waals surface area contributed by atoms with Crippen LogP contribution < -0.4 is 0 Å². The molecule has 5 nitrogen and oxygen atoms in total. The van der Waals surface area contributed by atoms with Crippen molar-refractivity contribution in [3.05, 3.63) is 66.0 Å². The molecule has 1 unspecified atom stereocenters. The Bertz CT molecular complexity index is 972. The Kier molecular flexibility index (Phi) is 6.69. The van der Waals surface area contributed by atoms with Crippen molar-refractivity contribution < 1.29 is 9.18 Å². The highest BCUT2D eigenvalue weighted by Gasteiger charge is 2.28. The molecule has 0 bridgehead atoms. The van der Waals surface area contributed by atoms with E-state index >= 15 is 0 Å². The van der Waals surface area contributed by atoms with Crippen molar-refractivity contribution >= 4 is 17.7 Å². The number of hydrogen-bond donors (Lipinski definition) is 0. The van der Waals surface area contributed by atoms with E-state index in [1.54, 1.807) is 37.2 Å². The number of aromatic nitrogens is 3. The highest BCUT2D eigenvalue weighted by Crippen LogP contribution is 2.32. The van der Waals surface area contributed by atoms with Crippen molar-refractivity contribution in [1.82, 2.24) is 19.7 Å². The molecular weight excluding hydrogens is 387 g/mol. The molecule has 0 saturated carbocycles. The minimum absolute atomic E-state index is 0.0201. The number of rotatable bonds is 7. The highest BCUT2D eigenvalue weighted by molar-refractivity contribution is 8.00. The van der Waals surface area contributed by atoms with E-state index in [1.807, 2.05) is 48.7 Å². The molecule has 152 valence electrons. The number of benzene rings is 2. The van der Waals surface area contributed by atoms with E-state index in [0.717, 1.165) is 5.56 Å². The van der Waals surface area contributed by atoms with E-state index in [-0.39, 0.29) is 22.9 Å². The van der Waals surface area contributed by atoms with Gasteiger partial charge in [-0.15, -0.1) is 10.2 Å². The standard InChI is InChI=1S/C22H25FN4OS/c1-15(2)19(21(28)26(3)4)29-22-25-24-20(17-12-8-9-13-18(17)23)27(22)14-16-10-6-5-7-11-16/h5-13,15,19H,14H2,1-4H3. The minimum atomic E-state index is -0.351. The fraction of sp³-hybridized carbons (Fsp3) is 0.318. The predicted molar refractivity (Wildman–Crippen MR) is 114 cm³/mol. The van der Waals surface area contributed by atoms with Crippen LogP contribution in [0.25, 0.3) is 11.4 Å². The summed E-state index contributed by atoms with van der Waals surface area (Å²) in [7, 11) is 3.50. The van der Waals surface area contributed by atoms with Gasteiger partial charge in [-0.25, -0.2) is 4.39 Å². The summed E-state index contributed by atoms with van der Waals surface area (Å²) >= 11 is 1.38. The van der Waals surface area contributed by atoms with Gasteiger partial charge in [0.2, 0.25) is 5.91 Å². The van der Waals surface area contributed by atoms with Gasteiger partial charge in [-0.2, -0.15) is 0 Å². The van der Waals surface area contributed by atoms with Crippen molar-refractivity contribution in [2.75, 3.05) is 14.1 Å². The molecule has 0 N–H and O–H groups in total. The monoisotopic (exact) mass is 412 g/mol. The van der Waals surface area contributed by atoms with Gasteiger partial charge in [0.05, 0.1) is 17.4 Å². The van der Waals surface area contributed by atoms with Crippen LogP contribution in [0.2, 0.25) is 0 Å². The first kappa shape index (κ1) is 21.0. The Morgan fingerprint density at radius 1 is 1.07 bits per heavy atom. The van der Waals surface area contributed by atoms with Gasteiger partial charge in [-0.1, -0.05) is 68.1 Å². The number of halogens is 1. The van der Waals surface area contributed by atoms with Gasteiger partial charge in [0.25, 0.3) is 0 Å². The van der Waals surface area contributed by atoms with Crippen LogP contribution in [0.4, 0.5) is 4.39 Å². The molecule has 0 radical (unpaired) electrons. The van der Waals surface area contributed by atoms with Gasteiger partial charge in [0.1, 0.15) is 5.82 Å². The fourth-order valence-electron chi connectivity index (χ4n) is 2.97. The van der Waals surface area contributed by atoms with Crippen LogP contribution in [0.1, 0.15) is 19.4 Å². The van der Waals surface area contributed by atoms with Crippen molar-refractivity contribution in [1.29, 1.82) is 0 Å². The molecule has 0 spiro atoms. The van der Waals surface area contributed by atoms with Gasteiger partial charge < -0.3 is 4.90 Å². The largest absolute Gasteiger partial charge is 0.348 e. The first-order valence-corrected chi connectivity index (χ1v) is 10.4. The Morgan fingerprint density at radius 3 is 2.34 bits per heavy atom. The molecule has 1 aromatic heterocycles. The summed E-state index contributed by atoms with van der Waals surface area (Å²) in [5, 5.41) is 8.91. The number of nitrogens with zero attached hydrogens (tertiary/aromatic N) is 4. The Morgan fingerprint density at radius 2 is 1.72 bits per heavy atom. The van der Waals surface area contributed by atoms with Crippen LogP contribution >= 0.6 is 11.8 Å². The maximum atomic E-state index is 14.5. The van der Waals surface area contributed by atoms with Crippen LogP contribution in [0, 0.1) is 11.7 Å². The Hall–Kier alpha value is -2.67. The summed E-state index contributed by atoms with van der Waals surface area (Å²) in [4.78, 5) is 14.3. The third kappa shape index (κ3) is 4.85. The Labute approximate surface area is 175 Å². The third-order valence-electron chi connectivity index (χ3n) is 4.54. The molecule has 0 aliphatic heterocycles. The van der Waals surface area contributed by atoms with E-state index in [9.17, 15) is 9.18 Å². The topological polar surface area (TPSA) is 51.0 Å². The van der Waals surface area contributed by atoms with Gasteiger partial charge in [0, 0.05) is 14.1 Å². The van der Waals surface area contributed by atoms with E-state index < -0.39 is 0 Å². The second-order valence-corrected chi connectivity index (χ2v) is 8.48. The molecule has 3 rings (SSSR count). The quantitative estimate of drug-likeness (QED) is 0.542. The lowest BCUT2D eigenvalue weighted by Crippen LogP contribution is -2.35. The van der Waals surface area contributed by atoms with E-state index in [2.05, 4.69) is 10.2 Å². The summed E-state index contributed by atoms with van der Waals surface area (Å²) in [6, 6.07) is 16.4. The van der Waals surface area contributed by atoms with Gasteiger partial charge >= 0.3 is 0 Å². The molecular formula is C22H25FN4OS. The molecule has 0 aliphatic rings. The van der Waals surface area contributed by atoms with Crippen molar-refractivity contribution in [2.24, 2.45) is 5.92 Å². The zero-order valence-corrected chi connectivity index (χ0v) is 17.9. The maximum absolute atomic E-state index is 14.5. The SMILES string of the molecule is CC(C)C(Sc1nnc(-c2ccccc2F)n1Cc1ccccc1)C(=O)N(C)C. The molecule has 0 aliphatic carbocycles. The summed E-state index contributed by atoms with van der Waals surface area (Å²) in [6.45, 7) is 4.50. The number of carbonyl (C=O) groups is 1. The van der Waals surface area contributed by atoms with Gasteiger partial charge in [-0.05, 0) is 23.6 Å². The van der Waals surface area contributed by atoms with Crippen molar-refractivity contribution in [3.8, 4) is 11.4 Å². The molecule has 1 heterocycles. The zero-order valence-electron chi connectivity index (χ0n) is 17.0. The molecule has 0 fully saturated rings. The lowest BCUT2D eigenvalue weighted by molar-refractivity contribution is -0.128. The summed E-state index contributed by atoms with van der Waals surface area (Å²) in [6.07, 6.45) is 0. The van der Waals surface area contributed by atoms with Crippen LogP contribution in [0.15, 0.2) is 59.8 Å². The van der Waals surface area contributed by atoms with Gasteiger partial charge in [0.15, 0.2) is 11.0 Å². The number of amides is 1. The number of hydrogen-bond acceptors (Lipinski definition) is 4. The fourth-order valence-corrected chi connectivity index (χ4v) is 4.14. The summed E-state index contributed by atoms with van der Waals surface area (Å²) < 4.78 is 16.4. The molecule has 2 aromatic carbocycles. The zero-order chi connectivity index (χ0) is 21.0. The van der Waals surface area contributed by atoms with Crippen LogP contribution in [-0.4, -0.2) is 44.9 Å². The molecule has 1 atom stereocenters. The third-order valence-corrected chi connectivity index (χ3v) is 6.05. The minimum Gasteiger partial charge on any atom is -0.348 e. The van der Waals surface area contributed by atoms with Crippen LogP contribution in [-0.2, 0) is 11.3 Å². The normalized spacial score (nSPS) is 12.2. The summed E-state index contributed by atoms with van der Waals surface area (Å²) in [5.74, 6) is 0.227. The van der Waals surface area contributed by atoms with E-state index in [0.29, 0.717) is 23.1 Å². The number of carbonyl (C=O) groups excluding carboxylic acids is 1. The van der Waals surface area contributed by atoms with Crippen LogP contribution in [0.3, 0.4) is 0 Å². The number of thioether (sulfide) groups is 1. The smallest absolute Gasteiger partial charge is 0.235 e.